The summed E-state index contributed by atoms with van der Waals surface area (Å²) in [6, 6.07) is 0. The molecule has 11 heavy (non-hydrogen) atoms. The van der Waals surface area contributed by atoms with Crippen LogP contribution < -0.4 is 5.32 Å². The highest BCUT2D eigenvalue weighted by molar-refractivity contribution is 4.70. The van der Waals surface area contributed by atoms with Crippen LogP contribution in [0.5, 0.6) is 0 Å². The van der Waals surface area contributed by atoms with Gasteiger partial charge < -0.3 is 5.32 Å². The molecule has 0 heterocycles. The molecule has 0 amide bonds. The Morgan fingerprint density at radius 1 is 1.18 bits per heavy atom. The average Bonchev–Trinajstić information content (AvgIpc) is 2.05. The van der Waals surface area contributed by atoms with Crippen LogP contribution in [0, 0.1) is 5.41 Å². The molecule has 0 aliphatic carbocycles. The summed E-state index contributed by atoms with van der Waals surface area (Å²) in [6.45, 7) is 8.14. The van der Waals surface area contributed by atoms with Crippen LogP contribution in [-0.2, 0) is 0 Å². The van der Waals surface area contributed by atoms with Gasteiger partial charge in [-0.1, -0.05) is 33.6 Å². The first kappa shape index (κ1) is 11.0. The van der Waals surface area contributed by atoms with Crippen molar-refractivity contribution in [1.29, 1.82) is 0 Å². The predicted molar refractivity (Wildman–Crippen MR) is 51.8 cm³/mol. The maximum absolute atomic E-state index is 3.19. The first-order valence-electron chi connectivity index (χ1n) is 4.83. The average molecular weight is 157 g/mol. The Kier molecular flexibility index (Phi) is 5.57. The zero-order chi connectivity index (χ0) is 8.74. The normalized spacial score (nSPS) is 12.0. The monoisotopic (exact) mass is 157 g/mol. The fourth-order valence-corrected chi connectivity index (χ4v) is 1.30. The maximum Gasteiger partial charge on any atom is -0.00517 e. The van der Waals surface area contributed by atoms with Crippen LogP contribution in [0.1, 0.15) is 46.5 Å². The molecule has 1 N–H and O–H groups in total. The number of rotatable bonds is 6. The van der Waals surface area contributed by atoms with Gasteiger partial charge in [0.05, 0.1) is 0 Å². The zero-order valence-electron chi connectivity index (χ0n) is 8.54. The first-order valence-corrected chi connectivity index (χ1v) is 4.83. The summed E-state index contributed by atoms with van der Waals surface area (Å²) in [6.07, 6.45) is 5.30. The van der Waals surface area contributed by atoms with Crippen LogP contribution in [-0.4, -0.2) is 13.6 Å². The summed E-state index contributed by atoms with van der Waals surface area (Å²) in [5, 5.41) is 3.19. The smallest absolute Gasteiger partial charge is 0.00517 e. The molecule has 1 heteroatoms. The Hall–Kier alpha value is -0.0400. The van der Waals surface area contributed by atoms with Gasteiger partial charge in [0.25, 0.3) is 0 Å². The second-order valence-electron chi connectivity index (χ2n) is 3.72. The SMILES string of the molecule is CCC(C)(CC)CCCNC. The molecule has 0 saturated heterocycles. The van der Waals surface area contributed by atoms with E-state index in [1.54, 1.807) is 0 Å². The molecule has 1 nitrogen and oxygen atoms in total. The summed E-state index contributed by atoms with van der Waals surface area (Å²) >= 11 is 0. The fraction of sp³-hybridized carbons (Fsp3) is 1.00. The first-order chi connectivity index (χ1) is 5.18. The van der Waals surface area contributed by atoms with Crippen molar-refractivity contribution in [2.24, 2.45) is 5.41 Å². The van der Waals surface area contributed by atoms with Crippen molar-refractivity contribution in [3.05, 3.63) is 0 Å². The lowest BCUT2D eigenvalue weighted by Crippen LogP contribution is -2.17. The number of hydrogen-bond donors (Lipinski definition) is 1. The Morgan fingerprint density at radius 2 is 1.73 bits per heavy atom. The molecule has 0 radical (unpaired) electrons. The molecule has 0 atom stereocenters. The Bertz CT molecular complexity index is 84.9. The summed E-state index contributed by atoms with van der Waals surface area (Å²) in [4.78, 5) is 0. The molecular weight excluding hydrogens is 134 g/mol. The number of hydrogen-bond acceptors (Lipinski definition) is 1. The van der Waals surface area contributed by atoms with Gasteiger partial charge >= 0.3 is 0 Å². The van der Waals surface area contributed by atoms with E-state index in [0.29, 0.717) is 5.41 Å². The second kappa shape index (κ2) is 5.59. The summed E-state index contributed by atoms with van der Waals surface area (Å²) in [5.41, 5.74) is 0.594. The van der Waals surface area contributed by atoms with Gasteiger partial charge in [0.2, 0.25) is 0 Å². The van der Waals surface area contributed by atoms with Crippen molar-refractivity contribution in [1.82, 2.24) is 5.32 Å². The Balaban J connectivity index is 3.51. The van der Waals surface area contributed by atoms with Gasteiger partial charge in [-0.3, -0.25) is 0 Å². The molecule has 0 aliphatic heterocycles. The molecule has 0 spiro atoms. The molecule has 0 bridgehead atoms. The molecule has 0 rings (SSSR count). The van der Waals surface area contributed by atoms with Crippen LogP contribution in [0.15, 0.2) is 0 Å². The minimum atomic E-state index is 0.594. The summed E-state index contributed by atoms with van der Waals surface area (Å²) in [7, 11) is 2.02. The Labute approximate surface area is 71.6 Å². The van der Waals surface area contributed by atoms with Gasteiger partial charge in [0.1, 0.15) is 0 Å². The molecule has 68 valence electrons. The van der Waals surface area contributed by atoms with Gasteiger partial charge in [-0.15, -0.1) is 0 Å². The van der Waals surface area contributed by atoms with Gasteiger partial charge in [-0.25, -0.2) is 0 Å². The number of nitrogens with one attached hydrogen (secondary N) is 1. The van der Waals surface area contributed by atoms with Crippen molar-refractivity contribution < 1.29 is 0 Å². The van der Waals surface area contributed by atoms with E-state index in [4.69, 9.17) is 0 Å². The third-order valence-corrected chi connectivity index (χ3v) is 2.91. The lowest BCUT2D eigenvalue weighted by Gasteiger charge is -2.26. The predicted octanol–water partition coefficient (Wildman–Crippen LogP) is 2.81. The van der Waals surface area contributed by atoms with E-state index in [2.05, 4.69) is 26.1 Å². The highest BCUT2D eigenvalue weighted by Gasteiger charge is 2.17. The Morgan fingerprint density at radius 3 is 2.09 bits per heavy atom. The molecule has 0 aliphatic rings. The minimum Gasteiger partial charge on any atom is -0.320 e. The third-order valence-electron chi connectivity index (χ3n) is 2.91. The van der Waals surface area contributed by atoms with Gasteiger partial charge in [-0.2, -0.15) is 0 Å². The van der Waals surface area contributed by atoms with Crippen LogP contribution in [0.3, 0.4) is 0 Å². The van der Waals surface area contributed by atoms with Crippen LogP contribution >= 0.6 is 0 Å². The summed E-state index contributed by atoms with van der Waals surface area (Å²) < 4.78 is 0. The molecule has 0 aromatic heterocycles. The van der Waals surface area contributed by atoms with E-state index < -0.39 is 0 Å². The topological polar surface area (TPSA) is 12.0 Å². The lowest BCUT2D eigenvalue weighted by molar-refractivity contribution is 0.265. The minimum absolute atomic E-state index is 0.594. The highest BCUT2D eigenvalue weighted by Crippen LogP contribution is 2.30. The van der Waals surface area contributed by atoms with E-state index in [1.165, 1.54) is 25.7 Å². The quantitative estimate of drug-likeness (QED) is 0.585. The highest BCUT2D eigenvalue weighted by atomic mass is 14.8. The molecule has 0 aromatic carbocycles. The third kappa shape index (κ3) is 4.41. The maximum atomic E-state index is 3.19. The van der Waals surface area contributed by atoms with Gasteiger partial charge in [0.15, 0.2) is 0 Å². The molecule has 0 aromatic rings. The molecule has 0 unspecified atom stereocenters. The van der Waals surface area contributed by atoms with Crippen molar-refractivity contribution in [3.8, 4) is 0 Å². The fourth-order valence-electron chi connectivity index (χ4n) is 1.30. The van der Waals surface area contributed by atoms with Crippen molar-refractivity contribution in [2.75, 3.05) is 13.6 Å². The van der Waals surface area contributed by atoms with E-state index >= 15 is 0 Å². The van der Waals surface area contributed by atoms with E-state index in [-0.39, 0.29) is 0 Å². The van der Waals surface area contributed by atoms with Crippen LogP contribution in [0.25, 0.3) is 0 Å². The van der Waals surface area contributed by atoms with E-state index in [9.17, 15) is 0 Å². The second-order valence-corrected chi connectivity index (χ2v) is 3.72. The summed E-state index contributed by atoms with van der Waals surface area (Å²) in [5.74, 6) is 0. The van der Waals surface area contributed by atoms with Gasteiger partial charge in [-0.05, 0) is 31.8 Å². The zero-order valence-corrected chi connectivity index (χ0v) is 8.54. The largest absolute Gasteiger partial charge is 0.320 e. The van der Waals surface area contributed by atoms with Crippen molar-refractivity contribution >= 4 is 0 Å². The van der Waals surface area contributed by atoms with E-state index in [0.717, 1.165) is 6.54 Å². The lowest BCUT2D eigenvalue weighted by atomic mass is 9.80. The van der Waals surface area contributed by atoms with Crippen LogP contribution in [0.4, 0.5) is 0 Å². The molecular formula is C10H23N. The van der Waals surface area contributed by atoms with Gasteiger partial charge in [0, 0.05) is 0 Å². The van der Waals surface area contributed by atoms with Crippen molar-refractivity contribution in [3.63, 3.8) is 0 Å². The van der Waals surface area contributed by atoms with Crippen molar-refractivity contribution in [2.45, 2.75) is 46.5 Å². The molecule has 0 saturated carbocycles. The van der Waals surface area contributed by atoms with E-state index in [1.807, 2.05) is 7.05 Å². The van der Waals surface area contributed by atoms with Crippen LogP contribution in [0.2, 0.25) is 0 Å². The standard InChI is InChI=1S/C10H23N/c1-5-10(3,6-2)8-7-9-11-4/h11H,5-9H2,1-4H3. The molecule has 0 fully saturated rings.